The topological polar surface area (TPSA) is 81.8 Å². The quantitative estimate of drug-likeness (QED) is 0.875. The van der Waals surface area contributed by atoms with Crippen LogP contribution < -0.4 is 15.5 Å². The molecule has 0 spiro atoms. The maximum Gasteiger partial charge on any atom is 0.321 e. The van der Waals surface area contributed by atoms with Gasteiger partial charge >= 0.3 is 6.03 Å². The summed E-state index contributed by atoms with van der Waals surface area (Å²) < 4.78 is 0. The second-order valence-corrected chi connectivity index (χ2v) is 6.36. The Hall–Kier alpha value is -3.61. The average molecular weight is 362 g/mol. The van der Waals surface area contributed by atoms with Crippen molar-refractivity contribution in [1.82, 2.24) is 10.2 Å². The number of fused-ring (bicyclic) bond motifs is 1. The van der Waals surface area contributed by atoms with Gasteiger partial charge in [-0.15, -0.1) is 0 Å². The normalized spacial score (nSPS) is 15.8. The first kappa shape index (κ1) is 16.8. The highest BCUT2D eigenvalue weighted by Gasteiger charge is 2.31. The van der Waals surface area contributed by atoms with Gasteiger partial charge < -0.3 is 10.6 Å². The van der Waals surface area contributed by atoms with E-state index in [0.717, 1.165) is 11.3 Å². The molecule has 2 aromatic rings. The third-order valence-electron chi connectivity index (χ3n) is 4.66. The summed E-state index contributed by atoms with van der Waals surface area (Å²) in [6, 6.07) is 14.1. The number of carbonyl (C=O) groups is 3. The fraction of sp³-hybridized carbons (Fsp3) is 0.150. The van der Waals surface area contributed by atoms with Crippen LogP contribution in [-0.4, -0.2) is 42.4 Å². The zero-order chi connectivity index (χ0) is 19.0. The number of carbonyl (C=O) groups excluding carboxylic acids is 3. The van der Waals surface area contributed by atoms with Crippen molar-refractivity contribution >= 4 is 34.9 Å². The monoisotopic (exact) mass is 362 g/mol. The molecule has 0 saturated carbocycles. The molecule has 2 N–H and O–H groups in total. The summed E-state index contributed by atoms with van der Waals surface area (Å²) in [5.74, 6) is -0.537. The Morgan fingerprint density at radius 3 is 2.41 bits per heavy atom. The van der Waals surface area contributed by atoms with Gasteiger partial charge in [-0.25, -0.2) is 4.79 Å². The van der Waals surface area contributed by atoms with E-state index in [1.807, 2.05) is 12.1 Å². The van der Waals surface area contributed by atoms with Crippen molar-refractivity contribution in [1.29, 1.82) is 0 Å². The molecular formula is C20H18N4O3. The molecule has 2 heterocycles. The molecule has 27 heavy (non-hydrogen) atoms. The Kier molecular flexibility index (Phi) is 4.12. The Bertz CT molecular complexity index is 917. The highest BCUT2D eigenvalue weighted by molar-refractivity contribution is 6.11. The molecule has 0 aromatic heterocycles. The summed E-state index contributed by atoms with van der Waals surface area (Å²) >= 11 is 0. The minimum atomic E-state index is -0.316. The first-order valence-corrected chi connectivity index (χ1v) is 8.60. The van der Waals surface area contributed by atoms with Gasteiger partial charge in [-0.1, -0.05) is 24.8 Å². The highest BCUT2D eigenvalue weighted by atomic mass is 16.2. The van der Waals surface area contributed by atoms with Crippen LogP contribution in [0.25, 0.3) is 5.70 Å². The fourth-order valence-corrected chi connectivity index (χ4v) is 3.29. The number of hydrogen-bond acceptors (Lipinski definition) is 3. The minimum Gasteiger partial charge on any atom is -0.336 e. The molecule has 2 aromatic carbocycles. The number of amides is 4. The lowest BCUT2D eigenvalue weighted by Crippen LogP contribution is -2.32. The van der Waals surface area contributed by atoms with E-state index in [0.29, 0.717) is 30.0 Å². The van der Waals surface area contributed by atoms with Gasteiger partial charge in [-0.05, 0) is 30.3 Å². The Labute approximate surface area is 156 Å². The summed E-state index contributed by atoms with van der Waals surface area (Å²) in [6.45, 7) is 5.06. The highest BCUT2D eigenvalue weighted by Crippen LogP contribution is 2.30. The first-order chi connectivity index (χ1) is 13.0. The molecule has 136 valence electrons. The molecule has 0 radical (unpaired) electrons. The van der Waals surface area contributed by atoms with E-state index >= 15 is 0 Å². The Morgan fingerprint density at radius 2 is 1.78 bits per heavy atom. The van der Waals surface area contributed by atoms with Crippen LogP contribution in [0.15, 0.2) is 55.1 Å². The molecule has 4 amide bonds. The van der Waals surface area contributed by atoms with Crippen molar-refractivity contribution in [2.24, 2.45) is 0 Å². The largest absolute Gasteiger partial charge is 0.336 e. The van der Waals surface area contributed by atoms with Gasteiger partial charge in [0.2, 0.25) is 5.91 Å². The molecule has 7 nitrogen and oxygen atoms in total. The van der Waals surface area contributed by atoms with Gasteiger partial charge in [0.25, 0.3) is 5.91 Å². The van der Waals surface area contributed by atoms with E-state index in [1.54, 1.807) is 41.3 Å². The van der Waals surface area contributed by atoms with Crippen LogP contribution in [0.3, 0.4) is 0 Å². The van der Waals surface area contributed by atoms with Gasteiger partial charge in [-0.3, -0.25) is 19.4 Å². The van der Waals surface area contributed by atoms with E-state index in [9.17, 15) is 14.4 Å². The summed E-state index contributed by atoms with van der Waals surface area (Å²) in [6.07, 6.45) is 0. The molecule has 1 saturated heterocycles. The summed E-state index contributed by atoms with van der Waals surface area (Å²) in [7, 11) is 0. The lowest BCUT2D eigenvalue weighted by atomic mass is 10.1. The molecule has 2 aliphatic heterocycles. The van der Waals surface area contributed by atoms with E-state index in [1.165, 1.54) is 4.90 Å². The maximum absolute atomic E-state index is 12.5. The predicted molar refractivity (Wildman–Crippen MR) is 102 cm³/mol. The molecule has 1 fully saturated rings. The number of nitrogens with one attached hydrogen (secondary N) is 2. The average Bonchev–Trinajstić information content (AvgIpc) is 3.20. The van der Waals surface area contributed by atoms with Crippen molar-refractivity contribution in [3.8, 4) is 0 Å². The van der Waals surface area contributed by atoms with E-state index in [4.69, 9.17) is 0 Å². The molecule has 2 aliphatic rings. The molecule has 0 bridgehead atoms. The minimum absolute atomic E-state index is 0.109. The van der Waals surface area contributed by atoms with Crippen LogP contribution in [0.1, 0.15) is 15.9 Å². The van der Waals surface area contributed by atoms with E-state index < -0.39 is 0 Å². The first-order valence-electron chi connectivity index (χ1n) is 8.60. The van der Waals surface area contributed by atoms with Crippen molar-refractivity contribution in [2.45, 2.75) is 0 Å². The van der Waals surface area contributed by atoms with Crippen molar-refractivity contribution in [3.63, 3.8) is 0 Å². The SMILES string of the molecule is C=C1c2ccccc2C(=O)N1CC(=O)Nc1ccc(N2CCNC2=O)cc1. The summed E-state index contributed by atoms with van der Waals surface area (Å²) in [4.78, 5) is 39.5. The standard InChI is InChI=1S/C20H18N4O3/c1-13-16-4-2-3-5-17(16)19(26)24(13)12-18(25)22-14-6-8-15(9-7-14)23-11-10-21-20(23)27/h2-9H,1,10-12H2,(H,21,27)(H,22,25). The number of anilines is 2. The number of rotatable bonds is 4. The molecule has 7 heteroatoms. The second kappa shape index (κ2) is 6.60. The van der Waals surface area contributed by atoms with Crippen molar-refractivity contribution in [2.75, 3.05) is 29.9 Å². The van der Waals surface area contributed by atoms with Gasteiger partial charge in [0, 0.05) is 41.3 Å². The molecule has 0 unspecified atom stereocenters. The summed E-state index contributed by atoms with van der Waals surface area (Å²) in [5, 5.41) is 5.52. The van der Waals surface area contributed by atoms with Gasteiger partial charge in [0.1, 0.15) is 6.54 Å². The smallest absolute Gasteiger partial charge is 0.321 e. The predicted octanol–water partition coefficient (Wildman–Crippen LogP) is 2.28. The zero-order valence-corrected chi connectivity index (χ0v) is 14.6. The molecule has 4 rings (SSSR count). The van der Waals surface area contributed by atoms with Gasteiger partial charge in [0.05, 0.1) is 0 Å². The maximum atomic E-state index is 12.5. The van der Waals surface area contributed by atoms with Crippen molar-refractivity contribution in [3.05, 3.63) is 66.2 Å². The lowest BCUT2D eigenvalue weighted by Gasteiger charge is -2.17. The summed E-state index contributed by atoms with van der Waals surface area (Å²) in [5.41, 5.74) is 3.20. The van der Waals surface area contributed by atoms with Crippen LogP contribution in [0.5, 0.6) is 0 Å². The van der Waals surface area contributed by atoms with Gasteiger partial charge in [-0.2, -0.15) is 0 Å². The number of benzene rings is 2. The molecular weight excluding hydrogens is 344 g/mol. The van der Waals surface area contributed by atoms with Crippen LogP contribution in [0.4, 0.5) is 16.2 Å². The molecule has 0 aliphatic carbocycles. The third-order valence-corrected chi connectivity index (χ3v) is 4.66. The van der Waals surface area contributed by atoms with Gasteiger partial charge in [0.15, 0.2) is 0 Å². The van der Waals surface area contributed by atoms with Crippen LogP contribution >= 0.6 is 0 Å². The van der Waals surface area contributed by atoms with Crippen LogP contribution in [0.2, 0.25) is 0 Å². The second-order valence-electron chi connectivity index (χ2n) is 6.36. The number of nitrogens with zero attached hydrogens (tertiary/aromatic N) is 2. The fourth-order valence-electron chi connectivity index (χ4n) is 3.29. The number of hydrogen-bond donors (Lipinski definition) is 2. The van der Waals surface area contributed by atoms with Crippen LogP contribution in [-0.2, 0) is 4.79 Å². The zero-order valence-electron chi connectivity index (χ0n) is 14.6. The molecule has 0 atom stereocenters. The van der Waals surface area contributed by atoms with Crippen molar-refractivity contribution < 1.29 is 14.4 Å². The third kappa shape index (κ3) is 3.03. The Morgan fingerprint density at radius 1 is 1.07 bits per heavy atom. The lowest BCUT2D eigenvalue weighted by molar-refractivity contribution is -0.116. The number of urea groups is 1. The van der Waals surface area contributed by atoms with E-state index in [-0.39, 0.29) is 24.4 Å². The van der Waals surface area contributed by atoms with E-state index in [2.05, 4.69) is 17.2 Å². The Balaban J connectivity index is 1.41. The van der Waals surface area contributed by atoms with Crippen LogP contribution in [0, 0.1) is 0 Å².